The van der Waals surface area contributed by atoms with E-state index in [0.717, 1.165) is 32.5 Å². The van der Waals surface area contributed by atoms with Gasteiger partial charge in [-0.25, -0.2) is 15.1 Å². The number of ketones is 1. The van der Waals surface area contributed by atoms with Crippen LogP contribution in [0, 0.1) is 23.7 Å². The molecule has 2 aromatic heterocycles. The SMILES string of the molecule is NS(=O)(=O)OC[C@H]1C[C@@H](Nc2ncncc2C(=O)c2ccn(CC#CCC3CCOCC3)n2)C[C@@H]1O. The van der Waals surface area contributed by atoms with Gasteiger partial charge >= 0.3 is 10.3 Å². The summed E-state index contributed by atoms with van der Waals surface area (Å²) in [6.07, 6.45) is 7.30. The Morgan fingerprint density at radius 3 is 2.89 bits per heavy atom. The van der Waals surface area contributed by atoms with Crippen LogP contribution in [0.5, 0.6) is 0 Å². The van der Waals surface area contributed by atoms with Gasteiger partial charge in [-0.05, 0) is 37.7 Å². The summed E-state index contributed by atoms with van der Waals surface area (Å²) in [5, 5.41) is 22.7. The first-order valence-electron chi connectivity index (χ1n) is 11.8. The van der Waals surface area contributed by atoms with Crippen LogP contribution in [0.1, 0.15) is 48.2 Å². The molecular formula is C23H30N6O6S. The van der Waals surface area contributed by atoms with Crippen LogP contribution < -0.4 is 10.5 Å². The Morgan fingerprint density at radius 1 is 1.31 bits per heavy atom. The van der Waals surface area contributed by atoms with E-state index in [9.17, 15) is 18.3 Å². The monoisotopic (exact) mass is 518 g/mol. The fourth-order valence-electron chi connectivity index (χ4n) is 4.40. The van der Waals surface area contributed by atoms with Gasteiger partial charge in [0.05, 0.1) is 18.3 Å². The van der Waals surface area contributed by atoms with Crippen molar-refractivity contribution in [2.45, 2.75) is 50.8 Å². The Hall–Kier alpha value is -2.89. The van der Waals surface area contributed by atoms with Crippen molar-refractivity contribution in [2.24, 2.45) is 17.0 Å². The molecule has 2 fully saturated rings. The van der Waals surface area contributed by atoms with Gasteiger partial charge in [0.1, 0.15) is 24.4 Å². The minimum absolute atomic E-state index is 0.219. The molecule has 0 bridgehead atoms. The smallest absolute Gasteiger partial charge is 0.333 e. The number of carbonyl (C=O) groups excluding carboxylic acids is 1. The Morgan fingerprint density at radius 2 is 2.11 bits per heavy atom. The quantitative estimate of drug-likeness (QED) is 0.313. The predicted octanol–water partition coefficient (Wildman–Crippen LogP) is 0.496. The molecule has 1 saturated carbocycles. The molecule has 1 saturated heterocycles. The van der Waals surface area contributed by atoms with Gasteiger partial charge < -0.3 is 15.2 Å². The minimum atomic E-state index is -4.09. The number of rotatable bonds is 9. The van der Waals surface area contributed by atoms with E-state index < -0.39 is 22.3 Å². The Kier molecular flexibility index (Phi) is 8.65. The molecule has 4 N–H and O–H groups in total. The molecule has 0 amide bonds. The van der Waals surface area contributed by atoms with Crippen LogP contribution in [0.2, 0.25) is 0 Å². The molecule has 3 atom stereocenters. The molecule has 1 aliphatic heterocycles. The van der Waals surface area contributed by atoms with Crippen molar-refractivity contribution in [3.05, 3.63) is 36.0 Å². The summed E-state index contributed by atoms with van der Waals surface area (Å²) in [4.78, 5) is 21.3. The van der Waals surface area contributed by atoms with Crippen molar-refractivity contribution in [1.29, 1.82) is 0 Å². The highest BCUT2D eigenvalue weighted by molar-refractivity contribution is 7.84. The summed E-state index contributed by atoms with van der Waals surface area (Å²) in [5.41, 5.74) is 0.483. The third kappa shape index (κ3) is 7.31. The lowest BCUT2D eigenvalue weighted by molar-refractivity contribution is 0.0678. The van der Waals surface area contributed by atoms with Gasteiger partial charge in [0.25, 0.3) is 0 Å². The number of aliphatic hydroxyl groups excluding tert-OH is 1. The maximum atomic E-state index is 13.1. The van der Waals surface area contributed by atoms with Crippen molar-refractivity contribution in [3.8, 4) is 11.8 Å². The normalized spacial score (nSPS) is 22.7. The molecular weight excluding hydrogens is 488 g/mol. The average Bonchev–Trinajstić information content (AvgIpc) is 3.47. The number of nitrogens with one attached hydrogen (secondary N) is 1. The second-order valence-corrected chi connectivity index (χ2v) is 10.3. The minimum Gasteiger partial charge on any atom is -0.393 e. The Bertz CT molecular complexity index is 1220. The molecule has 13 heteroatoms. The number of nitrogens with zero attached hydrogens (tertiary/aromatic N) is 4. The topological polar surface area (TPSA) is 172 Å². The van der Waals surface area contributed by atoms with E-state index in [2.05, 4.69) is 36.4 Å². The molecule has 1 aliphatic carbocycles. The zero-order valence-electron chi connectivity index (χ0n) is 19.7. The maximum Gasteiger partial charge on any atom is 0.333 e. The maximum absolute atomic E-state index is 13.1. The van der Waals surface area contributed by atoms with Crippen LogP contribution in [-0.2, 0) is 25.8 Å². The van der Waals surface area contributed by atoms with E-state index in [1.165, 1.54) is 12.5 Å². The molecule has 0 aromatic carbocycles. The lowest BCUT2D eigenvalue weighted by atomic mass is 9.97. The largest absolute Gasteiger partial charge is 0.393 e. The first kappa shape index (κ1) is 26.2. The van der Waals surface area contributed by atoms with Crippen LogP contribution in [0.25, 0.3) is 0 Å². The van der Waals surface area contributed by atoms with Gasteiger partial charge in [-0.2, -0.15) is 13.5 Å². The fraction of sp³-hybridized carbons (Fsp3) is 0.565. The molecule has 2 aliphatic rings. The van der Waals surface area contributed by atoms with Crippen LogP contribution >= 0.6 is 0 Å². The second kappa shape index (κ2) is 11.9. The molecule has 2 aromatic rings. The van der Waals surface area contributed by atoms with Crippen LogP contribution in [0.4, 0.5) is 5.82 Å². The van der Waals surface area contributed by atoms with Crippen molar-refractivity contribution < 1.29 is 27.2 Å². The summed E-state index contributed by atoms with van der Waals surface area (Å²) in [7, 11) is -4.09. The first-order valence-corrected chi connectivity index (χ1v) is 13.3. The van der Waals surface area contributed by atoms with Gasteiger partial charge in [0.2, 0.25) is 5.78 Å². The van der Waals surface area contributed by atoms with Gasteiger partial charge in [-0.15, -0.1) is 5.92 Å². The number of aromatic nitrogens is 4. The highest BCUT2D eigenvalue weighted by Crippen LogP contribution is 2.30. The standard InChI is InChI=1S/C23H30N6O6S/c24-36(32,33)35-14-17-11-18(12-21(17)30)27-23-19(13-25-15-26-23)22(31)20-4-8-29(28-20)7-2-1-3-16-5-9-34-10-6-16/h4,8,13,15-18,21,30H,3,5-7,9-12,14H2,(H2,24,32,33)(H,25,26,27)/t17-,18-,21+/m1/s1. The number of nitrogens with two attached hydrogens (primary N) is 1. The highest BCUT2D eigenvalue weighted by atomic mass is 32.2. The van der Waals surface area contributed by atoms with Crippen molar-refractivity contribution in [1.82, 2.24) is 19.7 Å². The van der Waals surface area contributed by atoms with Crippen LogP contribution in [0.3, 0.4) is 0 Å². The number of carbonyl (C=O) groups is 1. The summed E-state index contributed by atoms with van der Waals surface area (Å²) in [6, 6.07) is 1.37. The predicted molar refractivity (Wildman–Crippen MR) is 129 cm³/mol. The Labute approximate surface area is 209 Å². The van der Waals surface area contributed by atoms with Gasteiger partial charge in [-0.3, -0.25) is 13.7 Å². The lowest BCUT2D eigenvalue weighted by Gasteiger charge is -2.19. The third-order valence-corrected chi connectivity index (χ3v) is 6.84. The number of hydrogen-bond acceptors (Lipinski definition) is 10. The van der Waals surface area contributed by atoms with E-state index in [1.54, 1.807) is 16.9 Å². The zero-order valence-corrected chi connectivity index (χ0v) is 20.6. The van der Waals surface area contributed by atoms with Crippen LogP contribution in [0.15, 0.2) is 24.8 Å². The number of aliphatic hydroxyl groups is 1. The molecule has 0 spiro atoms. The highest BCUT2D eigenvalue weighted by Gasteiger charge is 2.34. The van der Waals surface area contributed by atoms with E-state index in [1.807, 2.05) is 0 Å². The number of ether oxygens (including phenoxy) is 1. The summed E-state index contributed by atoms with van der Waals surface area (Å²) < 4.78 is 33.7. The van der Waals surface area contributed by atoms with Crippen molar-refractivity contribution in [2.75, 3.05) is 25.1 Å². The third-order valence-electron chi connectivity index (χ3n) is 6.37. The van der Waals surface area contributed by atoms with Gasteiger partial charge in [0, 0.05) is 44.0 Å². The van der Waals surface area contributed by atoms with Crippen molar-refractivity contribution >= 4 is 21.9 Å². The molecule has 0 unspecified atom stereocenters. The lowest BCUT2D eigenvalue weighted by Crippen LogP contribution is -2.24. The molecule has 12 nitrogen and oxygen atoms in total. The van der Waals surface area contributed by atoms with Gasteiger partial charge in [-0.1, -0.05) is 5.92 Å². The van der Waals surface area contributed by atoms with E-state index >= 15 is 0 Å². The van der Waals surface area contributed by atoms with E-state index in [0.29, 0.717) is 31.1 Å². The van der Waals surface area contributed by atoms with E-state index in [4.69, 9.17) is 9.88 Å². The zero-order chi connectivity index (χ0) is 25.5. The molecule has 4 rings (SSSR count). The fourth-order valence-corrected chi connectivity index (χ4v) is 4.76. The second-order valence-electron chi connectivity index (χ2n) is 9.04. The number of anilines is 1. The average molecular weight is 519 g/mol. The molecule has 3 heterocycles. The summed E-state index contributed by atoms with van der Waals surface area (Å²) in [5.74, 6) is 6.42. The summed E-state index contributed by atoms with van der Waals surface area (Å²) in [6.45, 7) is 1.76. The van der Waals surface area contributed by atoms with Crippen molar-refractivity contribution in [3.63, 3.8) is 0 Å². The summed E-state index contributed by atoms with van der Waals surface area (Å²) >= 11 is 0. The Balaban J connectivity index is 1.35. The van der Waals surface area contributed by atoms with Crippen LogP contribution in [-0.4, -0.2) is 71.0 Å². The number of hydrogen-bond donors (Lipinski definition) is 3. The molecule has 194 valence electrons. The first-order chi connectivity index (χ1) is 17.3. The molecule has 0 radical (unpaired) electrons. The van der Waals surface area contributed by atoms with Gasteiger partial charge in [0.15, 0.2) is 0 Å². The van der Waals surface area contributed by atoms with E-state index in [-0.39, 0.29) is 29.7 Å². The molecule has 36 heavy (non-hydrogen) atoms.